The SMILES string of the molecule is [N-]=[N+]=NC[C@@H]1C(=O)NC2=CC=C(Cl)NC2N1C1CCN(Cc2ccccc2)CC1. The average molecular weight is 414 g/mol. The smallest absolute Gasteiger partial charge is 0.241 e. The number of fused-ring (bicyclic) bond motifs is 1. The number of nitrogens with one attached hydrogen (secondary N) is 2. The minimum Gasteiger partial charge on any atom is -0.355 e. The third-order valence-corrected chi connectivity index (χ3v) is 5.99. The molecule has 2 atom stereocenters. The predicted octanol–water partition coefficient (Wildman–Crippen LogP) is 2.66. The molecule has 0 aromatic heterocycles. The van der Waals surface area contributed by atoms with Gasteiger partial charge in [-0.15, -0.1) is 0 Å². The van der Waals surface area contributed by atoms with E-state index in [-0.39, 0.29) is 24.7 Å². The van der Waals surface area contributed by atoms with E-state index in [0.717, 1.165) is 38.2 Å². The van der Waals surface area contributed by atoms with Crippen LogP contribution in [-0.2, 0) is 11.3 Å². The summed E-state index contributed by atoms with van der Waals surface area (Å²) in [6, 6.07) is 10.1. The Balaban J connectivity index is 1.49. The molecule has 2 saturated heterocycles. The third kappa shape index (κ3) is 4.41. The number of dihydropyridines is 1. The van der Waals surface area contributed by atoms with Gasteiger partial charge < -0.3 is 10.6 Å². The number of halogens is 1. The van der Waals surface area contributed by atoms with Crippen LogP contribution >= 0.6 is 11.6 Å². The Bertz CT molecular complexity index is 853. The second-order valence-corrected chi connectivity index (χ2v) is 7.95. The summed E-state index contributed by atoms with van der Waals surface area (Å²) >= 11 is 6.22. The summed E-state index contributed by atoms with van der Waals surface area (Å²) in [7, 11) is 0. The van der Waals surface area contributed by atoms with Crippen molar-refractivity contribution in [3.8, 4) is 0 Å². The number of rotatable bonds is 5. The van der Waals surface area contributed by atoms with Crippen molar-refractivity contribution in [3.05, 3.63) is 69.3 Å². The quantitative estimate of drug-likeness (QED) is 0.335. The van der Waals surface area contributed by atoms with Crippen LogP contribution in [0.15, 0.2) is 58.5 Å². The first kappa shape index (κ1) is 19.8. The predicted molar refractivity (Wildman–Crippen MR) is 111 cm³/mol. The molecule has 0 radical (unpaired) electrons. The van der Waals surface area contributed by atoms with Crippen molar-refractivity contribution in [3.63, 3.8) is 0 Å². The number of allylic oxidation sites excluding steroid dienone is 2. The lowest BCUT2D eigenvalue weighted by Crippen LogP contribution is -2.68. The first-order valence-electron chi connectivity index (χ1n) is 9.85. The van der Waals surface area contributed by atoms with Gasteiger partial charge in [0.1, 0.15) is 11.3 Å². The topological polar surface area (TPSA) is 96.4 Å². The second kappa shape index (κ2) is 8.88. The van der Waals surface area contributed by atoms with Crippen molar-refractivity contribution in [2.75, 3.05) is 19.6 Å². The molecule has 4 rings (SSSR count). The number of azide groups is 1. The van der Waals surface area contributed by atoms with Crippen molar-refractivity contribution >= 4 is 17.5 Å². The summed E-state index contributed by atoms with van der Waals surface area (Å²) in [5, 5.41) is 10.4. The van der Waals surface area contributed by atoms with Gasteiger partial charge in [0.05, 0.1) is 18.3 Å². The molecule has 0 spiro atoms. The molecule has 8 nitrogen and oxygen atoms in total. The molecule has 1 amide bonds. The van der Waals surface area contributed by atoms with Crippen LogP contribution in [0, 0.1) is 0 Å². The first-order valence-corrected chi connectivity index (χ1v) is 10.2. The lowest BCUT2D eigenvalue weighted by atomic mass is 9.96. The van der Waals surface area contributed by atoms with Crippen LogP contribution in [0.1, 0.15) is 18.4 Å². The van der Waals surface area contributed by atoms with Gasteiger partial charge in [0, 0.05) is 17.5 Å². The Hall–Kier alpha value is -2.51. The molecule has 1 aromatic carbocycles. The third-order valence-electron chi connectivity index (χ3n) is 5.75. The van der Waals surface area contributed by atoms with Gasteiger partial charge in [-0.3, -0.25) is 14.6 Å². The summed E-state index contributed by atoms with van der Waals surface area (Å²) < 4.78 is 0. The minimum atomic E-state index is -0.520. The van der Waals surface area contributed by atoms with E-state index in [2.05, 4.69) is 54.7 Å². The molecule has 1 unspecified atom stereocenters. The Kier molecular flexibility index (Phi) is 6.06. The van der Waals surface area contributed by atoms with Gasteiger partial charge in [-0.1, -0.05) is 47.0 Å². The van der Waals surface area contributed by atoms with Gasteiger partial charge in [-0.25, -0.2) is 0 Å². The summed E-state index contributed by atoms with van der Waals surface area (Å²) in [4.78, 5) is 20.2. The molecule has 3 heterocycles. The van der Waals surface area contributed by atoms with Gasteiger partial charge in [-0.2, -0.15) is 0 Å². The van der Waals surface area contributed by atoms with E-state index in [1.54, 1.807) is 6.08 Å². The summed E-state index contributed by atoms with van der Waals surface area (Å²) in [5.41, 5.74) is 10.9. The van der Waals surface area contributed by atoms with Crippen molar-refractivity contribution in [2.45, 2.75) is 37.6 Å². The lowest BCUT2D eigenvalue weighted by molar-refractivity contribution is -0.131. The van der Waals surface area contributed by atoms with Crippen molar-refractivity contribution < 1.29 is 4.79 Å². The van der Waals surface area contributed by atoms with E-state index < -0.39 is 6.04 Å². The Morgan fingerprint density at radius 3 is 2.69 bits per heavy atom. The van der Waals surface area contributed by atoms with Crippen molar-refractivity contribution in [1.82, 2.24) is 20.4 Å². The highest BCUT2D eigenvalue weighted by Gasteiger charge is 2.44. The van der Waals surface area contributed by atoms with E-state index in [1.165, 1.54) is 5.56 Å². The maximum Gasteiger partial charge on any atom is 0.241 e. The highest BCUT2D eigenvalue weighted by molar-refractivity contribution is 6.29. The largest absolute Gasteiger partial charge is 0.355 e. The molecule has 2 fully saturated rings. The average Bonchev–Trinajstić information content (AvgIpc) is 2.74. The number of piperazine rings is 1. The number of hydrogen-bond donors (Lipinski definition) is 2. The summed E-state index contributed by atoms with van der Waals surface area (Å²) in [6.07, 6.45) is 5.21. The molecule has 3 aliphatic rings. The highest BCUT2D eigenvalue weighted by atomic mass is 35.5. The molecule has 3 aliphatic heterocycles. The number of amides is 1. The van der Waals surface area contributed by atoms with E-state index in [4.69, 9.17) is 17.1 Å². The van der Waals surface area contributed by atoms with Crippen LogP contribution in [0.25, 0.3) is 10.4 Å². The Morgan fingerprint density at radius 1 is 1.21 bits per heavy atom. The van der Waals surface area contributed by atoms with E-state index >= 15 is 0 Å². The number of carbonyl (C=O) groups is 1. The first-order chi connectivity index (χ1) is 14.2. The van der Waals surface area contributed by atoms with Crippen LogP contribution in [0.2, 0.25) is 0 Å². The Labute approximate surface area is 174 Å². The molecule has 1 aromatic rings. The fraction of sp³-hybridized carbons (Fsp3) is 0.450. The van der Waals surface area contributed by atoms with Crippen LogP contribution in [0.4, 0.5) is 0 Å². The molecule has 152 valence electrons. The van der Waals surface area contributed by atoms with E-state index in [0.29, 0.717) is 5.16 Å². The summed E-state index contributed by atoms with van der Waals surface area (Å²) in [6.45, 7) is 2.92. The monoisotopic (exact) mass is 413 g/mol. The normalized spacial score (nSPS) is 25.8. The molecule has 9 heteroatoms. The molecule has 0 saturated carbocycles. The van der Waals surface area contributed by atoms with Gasteiger partial charge in [-0.05, 0) is 49.2 Å². The highest BCUT2D eigenvalue weighted by Crippen LogP contribution is 2.29. The zero-order chi connectivity index (χ0) is 20.2. The minimum absolute atomic E-state index is 0.0966. The van der Waals surface area contributed by atoms with Crippen LogP contribution in [0.3, 0.4) is 0 Å². The molecular formula is C20H24ClN7O. The number of likely N-dealkylation sites (tertiary alicyclic amines) is 1. The fourth-order valence-corrected chi connectivity index (χ4v) is 4.54. The van der Waals surface area contributed by atoms with Crippen LogP contribution < -0.4 is 10.6 Å². The number of benzene rings is 1. The maximum absolute atomic E-state index is 12.7. The second-order valence-electron chi connectivity index (χ2n) is 7.54. The standard InChI is InChI=1S/C20H24ClN7O/c21-18-7-6-16-19(25-18)28(17(12-23-26-22)20(29)24-16)15-8-10-27(11-9-15)13-14-4-2-1-3-5-14/h1-7,15,17,19,25H,8-13H2,(H,24,29)/t17-,19?/m1/s1. The number of hydrogen-bond acceptors (Lipinski definition) is 5. The van der Waals surface area contributed by atoms with Gasteiger partial charge >= 0.3 is 0 Å². The molecule has 29 heavy (non-hydrogen) atoms. The lowest BCUT2D eigenvalue weighted by Gasteiger charge is -2.49. The number of nitrogens with zero attached hydrogens (tertiary/aromatic N) is 5. The van der Waals surface area contributed by atoms with Crippen molar-refractivity contribution in [2.24, 2.45) is 5.11 Å². The summed E-state index contributed by atoms with van der Waals surface area (Å²) in [5.74, 6) is -0.139. The van der Waals surface area contributed by atoms with Gasteiger partial charge in [0.2, 0.25) is 5.91 Å². The molecule has 2 N–H and O–H groups in total. The van der Waals surface area contributed by atoms with Gasteiger partial charge in [0.25, 0.3) is 0 Å². The molecular weight excluding hydrogens is 390 g/mol. The number of carbonyl (C=O) groups excluding carboxylic acids is 1. The van der Waals surface area contributed by atoms with Crippen molar-refractivity contribution in [1.29, 1.82) is 0 Å². The van der Waals surface area contributed by atoms with Gasteiger partial charge in [0.15, 0.2) is 0 Å². The fourth-order valence-electron chi connectivity index (χ4n) is 4.37. The molecule has 0 bridgehead atoms. The molecule has 0 aliphatic carbocycles. The Morgan fingerprint density at radius 2 is 1.97 bits per heavy atom. The van der Waals surface area contributed by atoms with E-state index in [9.17, 15) is 4.79 Å². The zero-order valence-electron chi connectivity index (χ0n) is 16.0. The van der Waals surface area contributed by atoms with E-state index in [1.807, 2.05) is 12.1 Å². The van der Waals surface area contributed by atoms with Crippen LogP contribution in [0.5, 0.6) is 0 Å². The van der Waals surface area contributed by atoms with Crippen LogP contribution in [-0.4, -0.2) is 53.6 Å². The zero-order valence-corrected chi connectivity index (χ0v) is 16.8. The maximum atomic E-state index is 12.7. The number of piperidine rings is 1.